The summed E-state index contributed by atoms with van der Waals surface area (Å²) < 4.78 is 10.6. The van der Waals surface area contributed by atoms with E-state index in [-0.39, 0.29) is 12.7 Å². The van der Waals surface area contributed by atoms with Crippen molar-refractivity contribution < 1.29 is 14.3 Å². The first kappa shape index (κ1) is 16.1. The van der Waals surface area contributed by atoms with Crippen molar-refractivity contribution in [1.29, 1.82) is 0 Å². The van der Waals surface area contributed by atoms with Gasteiger partial charge in [-0.1, -0.05) is 11.6 Å². The number of ether oxygens (including phenoxy) is 2. The quantitative estimate of drug-likeness (QED) is 0.888. The maximum Gasteiger partial charge on any atom is 0.255 e. The van der Waals surface area contributed by atoms with Crippen molar-refractivity contribution in [2.24, 2.45) is 0 Å². The zero-order valence-corrected chi connectivity index (χ0v) is 14.5. The van der Waals surface area contributed by atoms with E-state index in [9.17, 15) is 4.79 Å². The summed E-state index contributed by atoms with van der Waals surface area (Å²) in [5.74, 6) is 1.06. The SMILES string of the molecule is O=C(Nc1cc(Cl)ccc1N1CCCCC1)c1ccc2c(c1)OCO2. The molecule has 2 aliphatic rings. The first-order valence-electron chi connectivity index (χ1n) is 8.46. The molecule has 0 aromatic heterocycles. The van der Waals surface area contributed by atoms with Gasteiger partial charge in [-0.15, -0.1) is 0 Å². The summed E-state index contributed by atoms with van der Waals surface area (Å²) in [6, 6.07) is 10.8. The van der Waals surface area contributed by atoms with E-state index in [1.54, 1.807) is 24.3 Å². The molecule has 0 aliphatic carbocycles. The number of carbonyl (C=O) groups excluding carboxylic acids is 1. The molecule has 2 aromatic rings. The fourth-order valence-electron chi connectivity index (χ4n) is 3.25. The number of hydrogen-bond acceptors (Lipinski definition) is 4. The Morgan fingerprint density at radius 3 is 2.64 bits per heavy atom. The minimum atomic E-state index is -0.196. The lowest BCUT2D eigenvalue weighted by molar-refractivity contribution is 0.102. The lowest BCUT2D eigenvalue weighted by Gasteiger charge is -2.30. The fraction of sp³-hybridized carbons (Fsp3) is 0.316. The minimum absolute atomic E-state index is 0.188. The van der Waals surface area contributed by atoms with Crippen LogP contribution < -0.4 is 19.7 Å². The van der Waals surface area contributed by atoms with Crippen LogP contribution in [0.3, 0.4) is 0 Å². The summed E-state index contributed by atoms with van der Waals surface area (Å²) >= 11 is 6.16. The molecule has 1 N–H and O–H groups in total. The number of amides is 1. The van der Waals surface area contributed by atoms with Gasteiger partial charge in [-0.05, 0) is 55.7 Å². The van der Waals surface area contributed by atoms with Gasteiger partial charge in [-0.2, -0.15) is 0 Å². The molecule has 0 atom stereocenters. The molecule has 0 saturated carbocycles. The number of piperidine rings is 1. The van der Waals surface area contributed by atoms with Gasteiger partial charge < -0.3 is 19.7 Å². The van der Waals surface area contributed by atoms with Gasteiger partial charge >= 0.3 is 0 Å². The Morgan fingerprint density at radius 1 is 1.00 bits per heavy atom. The second kappa shape index (κ2) is 6.84. The van der Waals surface area contributed by atoms with Gasteiger partial charge in [-0.25, -0.2) is 0 Å². The van der Waals surface area contributed by atoms with E-state index >= 15 is 0 Å². The molecule has 5 nitrogen and oxygen atoms in total. The summed E-state index contributed by atoms with van der Waals surface area (Å²) in [4.78, 5) is 15.0. The number of halogens is 1. The predicted octanol–water partition coefficient (Wildman–Crippen LogP) is 4.31. The summed E-state index contributed by atoms with van der Waals surface area (Å²) in [5.41, 5.74) is 2.27. The van der Waals surface area contributed by atoms with Crippen molar-refractivity contribution in [2.75, 3.05) is 30.1 Å². The predicted molar refractivity (Wildman–Crippen MR) is 98.0 cm³/mol. The molecule has 0 spiro atoms. The van der Waals surface area contributed by atoms with Crippen LogP contribution in [0.1, 0.15) is 29.6 Å². The molecule has 2 heterocycles. The highest BCUT2D eigenvalue weighted by molar-refractivity contribution is 6.31. The highest BCUT2D eigenvalue weighted by Crippen LogP contribution is 2.34. The molecular weight excluding hydrogens is 340 g/mol. The summed E-state index contributed by atoms with van der Waals surface area (Å²) in [6.45, 7) is 2.18. The van der Waals surface area contributed by atoms with E-state index < -0.39 is 0 Å². The number of rotatable bonds is 3. The Morgan fingerprint density at radius 2 is 1.80 bits per heavy atom. The van der Waals surface area contributed by atoms with Crippen molar-refractivity contribution >= 4 is 28.9 Å². The number of anilines is 2. The lowest BCUT2D eigenvalue weighted by atomic mass is 10.1. The third-order valence-electron chi connectivity index (χ3n) is 4.54. The van der Waals surface area contributed by atoms with Crippen LogP contribution in [-0.2, 0) is 0 Å². The topological polar surface area (TPSA) is 50.8 Å². The van der Waals surface area contributed by atoms with Crippen LogP contribution in [0.15, 0.2) is 36.4 Å². The molecule has 1 amide bonds. The molecule has 0 bridgehead atoms. The highest BCUT2D eigenvalue weighted by atomic mass is 35.5. The Labute approximate surface area is 151 Å². The van der Waals surface area contributed by atoms with E-state index in [0.29, 0.717) is 22.1 Å². The molecule has 25 heavy (non-hydrogen) atoms. The average Bonchev–Trinajstić information content (AvgIpc) is 3.10. The van der Waals surface area contributed by atoms with Gasteiger partial charge in [0, 0.05) is 23.7 Å². The normalized spacial score (nSPS) is 16.0. The van der Waals surface area contributed by atoms with Gasteiger partial charge in [0.25, 0.3) is 5.91 Å². The number of benzene rings is 2. The molecule has 1 fully saturated rings. The molecular formula is C19H19ClN2O3. The van der Waals surface area contributed by atoms with Gasteiger partial charge in [0.05, 0.1) is 11.4 Å². The maximum atomic E-state index is 12.7. The number of fused-ring (bicyclic) bond motifs is 1. The van der Waals surface area contributed by atoms with Crippen molar-refractivity contribution in [3.05, 3.63) is 47.0 Å². The Balaban J connectivity index is 1.59. The van der Waals surface area contributed by atoms with Gasteiger partial charge in [-0.3, -0.25) is 4.79 Å². The molecule has 130 valence electrons. The first-order valence-corrected chi connectivity index (χ1v) is 8.84. The third kappa shape index (κ3) is 3.37. The van der Waals surface area contributed by atoms with Crippen LogP contribution >= 0.6 is 11.6 Å². The number of hydrogen-bond donors (Lipinski definition) is 1. The number of nitrogens with one attached hydrogen (secondary N) is 1. The van der Waals surface area contributed by atoms with Crippen LogP contribution in [0.5, 0.6) is 11.5 Å². The van der Waals surface area contributed by atoms with E-state index in [0.717, 1.165) is 37.3 Å². The van der Waals surface area contributed by atoms with Crippen LogP contribution in [0, 0.1) is 0 Å². The van der Waals surface area contributed by atoms with Crippen molar-refractivity contribution in [3.63, 3.8) is 0 Å². The van der Waals surface area contributed by atoms with Crippen molar-refractivity contribution in [1.82, 2.24) is 0 Å². The molecule has 6 heteroatoms. The van der Waals surface area contributed by atoms with E-state index in [2.05, 4.69) is 10.2 Å². The van der Waals surface area contributed by atoms with E-state index in [4.69, 9.17) is 21.1 Å². The van der Waals surface area contributed by atoms with Gasteiger partial charge in [0.15, 0.2) is 11.5 Å². The average molecular weight is 359 g/mol. The second-order valence-electron chi connectivity index (χ2n) is 6.23. The van der Waals surface area contributed by atoms with Crippen LogP contribution in [0.2, 0.25) is 5.02 Å². The highest BCUT2D eigenvalue weighted by Gasteiger charge is 2.19. The Hall–Kier alpha value is -2.40. The maximum absolute atomic E-state index is 12.7. The zero-order chi connectivity index (χ0) is 17.2. The van der Waals surface area contributed by atoms with Crippen molar-refractivity contribution in [2.45, 2.75) is 19.3 Å². The summed E-state index contributed by atoms with van der Waals surface area (Å²) in [5, 5.41) is 3.59. The Bertz CT molecular complexity index is 803. The zero-order valence-electron chi connectivity index (χ0n) is 13.8. The number of carbonyl (C=O) groups is 1. The smallest absolute Gasteiger partial charge is 0.255 e. The summed E-state index contributed by atoms with van der Waals surface area (Å²) in [6.07, 6.45) is 3.58. The van der Waals surface area contributed by atoms with Crippen molar-refractivity contribution in [3.8, 4) is 11.5 Å². The molecule has 2 aromatic carbocycles. The fourth-order valence-corrected chi connectivity index (χ4v) is 3.42. The Kier molecular flexibility index (Phi) is 4.40. The molecule has 1 saturated heterocycles. The second-order valence-corrected chi connectivity index (χ2v) is 6.67. The molecule has 2 aliphatic heterocycles. The monoisotopic (exact) mass is 358 g/mol. The summed E-state index contributed by atoms with van der Waals surface area (Å²) in [7, 11) is 0. The first-order chi connectivity index (χ1) is 12.2. The van der Waals surface area contributed by atoms with E-state index in [1.165, 1.54) is 6.42 Å². The van der Waals surface area contributed by atoms with Crippen LogP contribution in [-0.4, -0.2) is 25.8 Å². The molecule has 0 unspecified atom stereocenters. The largest absolute Gasteiger partial charge is 0.454 e. The van der Waals surface area contributed by atoms with Crippen LogP contribution in [0.4, 0.5) is 11.4 Å². The lowest BCUT2D eigenvalue weighted by Crippen LogP contribution is -2.30. The number of nitrogens with zero attached hydrogens (tertiary/aromatic N) is 1. The molecule has 4 rings (SSSR count). The van der Waals surface area contributed by atoms with Gasteiger partial charge in [0.1, 0.15) is 0 Å². The van der Waals surface area contributed by atoms with E-state index in [1.807, 2.05) is 12.1 Å². The molecule has 0 radical (unpaired) electrons. The third-order valence-corrected chi connectivity index (χ3v) is 4.77. The van der Waals surface area contributed by atoms with Gasteiger partial charge in [0.2, 0.25) is 6.79 Å². The standard InChI is InChI=1S/C19H19ClN2O3/c20-14-5-6-16(22-8-2-1-3-9-22)15(11-14)21-19(23)13-4-7-17-18(10-13)25-12-24-17/h4-7,10-11H,1-3,8-9,12H2,(H,21,23). The minimum Gasteiger partial charge on any atom is -0.454 e. The van der Waals surface area contributed by atoms with Crippen LogP contribution in [0.25, 0.3) is 0 Å².